The molecule has 100 valence electrons. The van der Waals surface area contributed by atoms with Gasteiger partial charge in [0, 0.05) is 17.1 Å². The highest BCUT2D eigenvalue weighted by Crippen LogP contribution is 2.09. The van der Waals surface area contributed by atoms with Gasteiger partial charge in [0.15, 0.2) is 0 Å². The van der Waals surface area contributed by atoms with Crippen molar-refractivity contribution in [1.29, 1.82) is 0 Å². The van der Waals surface area contributed by atoms with E-state index in [1.165, 1.54) is 0 Å². The highest BCUT2D eigenvalue weighted by molar-refractivity contribution is 9.10. The number of hydrogen-bond donors (Lipinski definition) is 1. The number of aldehydes is 1. The zero-order valence-corrected chi connectivity index (χ0v) is 12.1. The molecule has 1 aromatic carbocycles. The van der Waals surface area contributed by atoms with E-state index < -0.39 is 0 Å². The molecule has 0 atom stereocenters. The number of allylic oxidation sites excluding steroid dienone is 3. The molecular weight excluding hydrogens is 308 g/mol. The van der Waals surface area contributed by atoms with Crippen LogP contribution in [0.5, 0.6) is 0 Å². The molecule has 0 aliphatic carbocycles. The maximum absolute atomic E-state index is 10.1. The number of hydrogen-bond acceptors (Lipinski definition) is 4. The third-order valence-electron chi connectivity index (χ3n) is 2.06. The molecule has 4 nitrogen and oxygen atoms in total. The molecule has 1 aliphatic rings. The van der Waals surface area contributed by atoms with Crippen molar-refractivity contribution in [2.75, 3.05) is 7.05 Å². The summed E-state index contributed by atoms with van der Waals surface area (Å²) in [5.41, 5.74) is 3.34. The van der Waals surface area contributed by atoms with Gasteiger partial charge in [-0.1, -0.05) is 28.1 Å². The van der Waals surface area contributed by atoms with Crippen molar-refractivity contribution in [3.05, 3.63) is 58.5 Å². The SMILES string of the molecule is CN/N=C/C1=CCC=CO1.O=Cc1cccc(Br)c1. The van der Waals surface area contributed by atoms with Crippen molar-refractivity contribution in [3.63, 3.8) is 0 Å². The van der Waals surface area contributed by atoms with Gasteiger partial charge in [0.2, 0.25) is 0 Å². The summed E-state index contributed by atoms with van der Waals surface area (Å²) in [6.07, 6.45) is 8.95. The van der Waals surface area contributed by atoms with Gasteiger partial charge >= 0.3 is 0 Å². The molecular formula is C14H15BrN2O2. The maximum Gasteiger partial charge on any atom is 0.150 e. The number of nitrogens with one attached hydrogen (secondary N) is 1. The summed E-state index contributed by atoms with van der Waals surface area (Å²) in [5, 5.41) is 3.79. The highest BCUT2D eigenvalue weighted by Gasteiger charge is 1.93. The van der Waals surface area contributed by atoms with E-state index in [1.54, 1.807) is 31.7 Å². The van der Waals surface area contributed by atoms with E-state index in [1.807, 2.05) is 24.3 Å². The van der Waals surface area contributed by atoms with E-state index in [-0.39, 0.29) is 0 Å². The lowest BCUT2D eigenvalue weighted by atomic mass is 10.2. The summed E-state index contributed by atoms with van der Waals surface area (Å²) >= 11 is 3.24. The van der Waals surface area contributed by atoms with Gasteiger partial charge in [-0.3, -0.25) is 4.79 Å². The summed E-state index contributed by atoms with van der Waals surface area (Å²) in [6.45, 7) is 0. The second-order valence-corrected chi connectivity index (χ2v) is 4.40. The standard InChI is InChI=1S/C7H5BrO.C7H10N2O/c8-7-3-1-2-6(4-7)5-9;1-8-9-6-7-4-2-3-5-10-7/h1-5H;3-6,8H,2H2,1H3/b;9-6+. The molecule has 0 spiro atoms. The lowest BCUT2D eigenvalue weighted by Crippen LogP contribution is -1.98. The molecule has 2 rings (SSSR count). The maximum atomic E-state index is 10.1. The third kappa shape index (κ3) is 6.57. The fourth-order valence-corrected chi connectivity index (χ4v) is 1.62. The third-order valence-corrected chi connectivity index (χ3v) is 2.55. The summed E-state index contributed by atoms with van der Waals surface area (Å²) in [7, 11) is 1.75. The molecule has 5 heteroatoms. The van der Waals surface area contributed by atoms with Crippen LogP contribution in [0.4, 0.5) is 0 Å². The molecule has 0 saturated heterocycles. The minimum Gasteiger partial charge on any atom is -0.464 e. The Bertz CT molecular complexity index is 496. The normalized spacial score (nSPS) is 13.1. The van der Waals surface area contributed by atoms with Crippen molar-refractivity contribution in [2.45, 2.75) is 6.42 Å². The van der Waals surface area contributed by atoms with E-state index in [0.29, 0.717) is 5.56 Å². The topological polar surface area (TPSA) is 50.7 Å². The van der Waals surface area contributed by atoms with Crippen molar-refractivity contribution in [2.24, 2.45) is 5.10 Å². The molecule has 0 unspecified atom stereocenters. The second kappa shape index (κ2) is 9.10. The summed E-state index contributed by atoms with van der Waals surface area (Å²) < 4.78 is 6.01. The average Bonchev–Trinajstić information content (AvgIpc) is 2.47. The van der Waals surface area contributed by atoms with Crippen LogP contribution in [0.15, 0.2) is 58.0 Å². The number of benzene rings is 1. The van der Waals surface area contributed by atoms with Crippen molar-refractivity contribution >= 4 is 28.4 Å². The van der Waals surface area contributed by atoms with Crippen LogP contribution in [-0.2, 0) is 4.74 Å². The molecule has 1 heterocycles. The number of rotatable bonds is 3. The van der Waals surface area contributed by atoms with Gasteiger partial charge in [-0.15, -0.1) is 0 Å². The van der Waals surface area contributed by atoms with Crippen LogP contribution in [-0.4, -0.2) is 19.5 Å². The van der Waals surface area contributed by atoms with Gasteiger partial charge in [-0.05, 0) is 30.7 Å². The van der Waals surface area contributed by atoms with E-state index >= 15 is 0 Å². The van der Waals surface area contributed by atoms with E-state index in [0.717, 1.165) is 22.9 Å². The Morgan fingerprint density at radius 2 is 2.32 bits per heavy atom. The Morgan fingerprint density at radius 3 is 2.84 bits per heavy atom. The minimum absolute atomic E-state index is 0.698. The Kier molecular flexibility index (Phi) is 7.27. The van der Waals surface area contributed by atoms with E-state index in [2.05, 4.69) is 26.5 Å². The van der Waals surface area contributed by atoms with Crippen LogP contribution in [0.25, 0.3) is 0 Å². The lowest BCUT2D eigenvalue weighted by Gasteiger charge is -2.02. The predicted molar refractivity (Wildman–Crippen MR) is 80.0 cm³/mol. The molecule has 1 aromatic rings. The Balaban J connectivity index is 0.000000191. The summed E-state index contributed by atoms with van der Waals surface area (Å²) in [5.74, 6) is 0.789. The first kappa shape index (κ1) is 15.2. The number of ether oxygens (including phenoxy) is 1. The van der Waals surface area contributed by atoms with Gasteiger partial charge in [0.25, 0.3) is 0 Å². The molecule has 0 amide bonds. The smallest absolute Gasteiger partial charge is 0.150 e. The minimum atomic E-state index is 0.698. The molecule has 1 N–H and O–H groups in total. The average molecular weight is 323 g/mol. The quantitative estimate of drug-likeness (QED) is 0.528. The second-order valence-electron chi connectivity index (χ2n) is 3.49. The Morgan fingerprint density at radius 1 is 1.47 bits per heavy atom. The molecule has 0 bridgehead atoms. The Labute approximate surface area is 121 Å². The van der Waals surface area contributed by atoms with E-state index in [4.69, 9.17) is 4.74 Å². The summed E-state index contributed by atoms with van der Waals surface area (Å²) in [6, 6.07) is 7.24. The number of carbonyl (C=O) groups excluding carboxylic acids is 1. The molecule has 0 saturated carbocycles. The van der Waals surface area contributed by atoms with Crippen LogP contribution in [0.1, 0.15) is 16.8 Å². The fourth-order valence-electron chi connectivity index (χ4n) is 1.21. The van der Waals surface area contributed by atoms with Gasteiger partial charge in [0.1, 0.15) is 12.0 Å². The van der Waals surface area contributed by atoms with Crippen LogP contribution < -0.4 is 5.43 Å². The number of halogens is 1. The van der Waals surface area contributed by atoms with Crippen molar-refractivity contribution in [1.82, 2.24) is 5.43 Å². The first-order valence-electron chi connectivity index (χ1n) is 5.68. The van der Waals surface area contributed by atoms with Gasteiger partial charge < -0.3 is 10.2 Å². The fraction of sp³-hybridized carbons (Fsp3) is 0.143. The summed E-state index contributed by atoms with van der Waals surface area (Å²) in [4.78, 5) is 10.1. The molecule has 0 aromatic heterocycles. The first-order valence-corrected chi connectivity index (χ1v) is 6.48. The number of hydrazone groups is 1. The number of nitrogens with zero attached hydrogens (tertiary/aromatic N) is 1. The molecule has 0 radical (unpaired) electrons. The van der Waals surface area contributed by atoms with Crippen molar-refractivity contribution < 1.29 is 9.53 Å². The van der Waals surface area contributed by atoms with Gasteiger partial charge in [-0.2, -0.15) is 5.10 Å². The lowest BCUT2D eigenvalue weighted by molar-refractivity contribution is 0.112. The van der Waals surface area contributed by atoms with Crippen LogP contribution >= 0.6 is 15.9 Å². The van der Waals surface area contributed by atoms with Crippen LogP contribution in [0, 0.1) is 0 Å². The van der Waals surface area contributed by atoms with Crippen molar-refractivity contribution in [3.8, 4) is 0 Å². The van der Waals surface area contributed by atoms with Crippen LogP contribution in [0.2, 0.25) is 0 Å². The van der Waals surface area contributed by atoms with Gasteiger partial charge in [0.05, 0.1) is 12.5 Å². The first-order chi connectivity index (χ1) is 9.26. The zero-order chi connectivity index (χ0) is 13.9. The number of carbonyl (C=O) groups is 1. The Hall–Kier alpha value is -1.88. The molecule has 19 heavy (non-hydrogen) atoms. The predicted octanol–water partition coefficient (Wildman–Crippen LogP) is 3.27. The van der Waals surface area contributed by atoms with Crippen LogP contribution in [0.3, 0.4) is 0 Å². The van der Waals surface area contributed by atoms with E-state index in [9.17, 15) is 4.79 Å². The highest BCUT2D eigenvalue weighted by atomic mass is 79.9. The zero-order valence-electron chi connectivity index (χ0n) is 10.5. The molecule has 0 fully saturated rings. The monoisotopic (exact) mass is 322 g/mol. The largest absolute Gasteiger partial charge is 0.464 e. The van der Waals surface area contributed by atoms with Gasteiger partial charge in [-0.25, -0.2) is 0 Å². The molecule has 1 aliphatic heterocycles.